The lowest BCUT2D eigenvalue weighted by molar-refractivity contribution is -0.130. The Hall–Kier alpha value is -5.50. The van der Waals surface area contributed by atoms with E-state index in [1.54, 1.807) is 31.2 Å². The minimum atomic E-state index is -0.596. The van der Waals surface area contributed by atoms with E-state index in [2.05, 4.69) is 26.3 Å². The number of carbonyl (C=O) groups is 4. The van der Waals surface area contributed by atoms with Gasteiger partial charge in [-0.1, -0.05) is 49.6 Å². The molecular formula is C36H38O8. The first-order valence-electron chi connectivity index (χ1n) is 13.2. The van der Waals surface area contributed by atoms with Gasteiger partial charge < -0.3 is 18.9 Å². The van der Waals surface area contributed by atoms with Gasteiger partial charge in [-0.05, 0) is 86.7 Å². The van der Waals surface area contributed by atoms with Crippen LogP contribution in [0.1, 0.15) is 34.6 Å². The monoisotopic (exact) mass is 598 g/mol. The highest BCUT2D eigenvalue weighted by molar-refractivity contribution is 5.90. The number of allylic oxidation sites excluding steroid dienone is 2. The van der Waals surface area contributed by atoms with E-state index in [-0.39, 0.29) is 22.6 Å². The van der Waals surface area contributed by atoms with Gasteiger partial charge in [0.1, 0.15) is 29.3 Å². The lowest BCUT2D eigenvalue weighted by Gasteiger charge is -2.12. The van der Waals surface area contributed by atoms with Crippen molar-refractivity contribution in [2.24, 2.45) is 0 Å². The molecule has 0 bridgehead atoms. The second-order valence-corrected chi connectivity index (χ2v) is 9.89. The topological polar surface area (TPSA) is 105 Å². The van der Waals surface area contributed by atoms with Gasteiger partial charge in [-0.25, -0.2) is 9.59 Å². The third-order valence-electron chi connectivity index (χ3n) is 5.05. The maximum atomic E-state index is 12.0. The Bertz CT molecular complexity index is 1490. The molecule has 3 aromatic carbocycles. The predicted molar refractivity (Wildman–Crippen MR) is 173 cm³/mol. The standard InChI is InChI=1S/C28H24O7.C4H6O.C4H8/c1-17(2)27(30)34-25-12-22(13-26(15-25)35-28(31)18(3)4)20-8-6-19(7-9-20)21-10-23(32-5)14-24(11-21)33-16-29;1-4(2)3-5;1-4(2)3/h6-16H,1,3H2,2,4-5H3;3H,1H2,2H3;1H2,2-3H3. The zero-order valence-electron chi connectivity index (χ0n) is 26.0. The zero-order valence-corrected chi connectivity index (χ0v) is 26.0. The summed E-state index contributed by atoms with van der Waals surface area (Å²) < 4.78 is 21.0. The van der Waals surface area contributed by atoms with Gasteiger partial charge >= 0.3 is 11.9 Å². The van der Waals surface area contributed by atoms with Crippen molar-refractivity contribution in [1.29, 1.82) is 0 Å². The molecular weight excluding hydrogens is 560 g/mol. The molecule has 0 aromatic heterocycles. The smallest absolute Gasteiger partial charge is 0.338 e. The molecule has 0 fully saturated rings. The van der Waals surface area contributed by atoms with Crippen molar-refractivity contribution in [3.8, 4) is 45.3 Å². The molecule has 230 valence electrons. The molecule has 0 saturated carbocycles. The van der Waals surface area contributed by atoms with Crippen LogP contribution >= 0.6 is 0 Å². The predicted octanol–water partition coefficient (Wildman–Crippen LogP) is 7.87. The van der Waals surface area contributed by atoms with E-state index in [9.17, 15) is 19.2 Å². The van der Waals surface area contributed by atoms with E-state index in [0.717, 1.165) is 23.0 Å². The molecule has 44 heavy (non-hydrogen) atoms. The summed E-state index contributed by atoms with van der Waals surface area (Å²) in [5.74, 6) is 0.107. The Morgan fingerprint density at radius 1 is 0.591 bits per heavy atom. The summed E-state index contributed by atoms with van der Waals surface area (Å²) in [6.07, 6.45) is 0.722. The van der Waals surface area contributed by atoms with E-state index in [1.807, 2.05) is 44.2 Å². The number of esters is 2. The lowest BCUT2D eigenvalue weighted by atomic mass is 9.99. The Labute approximate surface area is 258 Å². The number of methoxy groups -OCH3 is 1. The van der Waals surface area contributed by atoms with E-state index >= 15 is 0 Å². The first kappa shape index (κ1) is 36.5. The summed E-state index contributed by atoms with van der Waals surface area (Å²) in [6.45, 7) is 23.1. The largest absolute Gasteiger partial charge is 0.497 e. The van der Waals surface area contributed by atoms with Crippen molar-refractivity contribution in [2.75, 3.05) is 7.11 Å². The van der Waals surface area contributed by atoms with Gasteiger partial charge in [-0.3, -0.25) is 9.59 Å². The van der Waals surface area contributed by atoms with Crippen LogP contribution in [0.15, 0.2) is 109 Å². The molecule has 0 aliphatic carbocycles. The van der Waals surface area contributed by atoms with Crippen molar-refractivity contribution in [1.82, 2.24) is 0 Å². The van der Waals surface area contributed by atoms with Crippen molar-refractivity contribution >= 4 is 24.7 Å². The van der Waals surface area contributed by atoms with Crippen molar-refractivity contribution in [2.45, 2.75) is 34.6 Å². The molecule has 0 radical (unpaired) electrons. The number of carbonyl (C=O) groups excluding carboxylic acids is 4. The van der Waals surface area contributed by atoms with Gasteiger partial charge in [0.25, 0.3) is 6.47 Å². The van der Waals surface area contributed by atoms with E-state index in [4.69, 9.17) is 18.9 Å². The Kier molecular flexibility index (Phi) is 15.0. The number of ether oxygens (including phenoxy) is 4. The van der Waals surface area contributed by atoms with Crippen LogP contribution in [-0.2, 0) is 19.2 Å². The van der Waals surface area contributed by atoms with Gasteiger partial charge in [0.2, 0.25) is 0 Å². The third-order valence-corrected chi connectivity index (χ3v) is 5.05. The molecule has 8 heteroatoms. The Balaban J connectivity index is 0.000000944. The summed E-state index contributed by atoms with van der Waals surface area (Å²) in [5.41, 5.74) is 5.28. The average Bonchev–Trinajstić information content (AvgIpc) is 2.97. The number of hydrogen-bond acceptors (Lipinski definition) is 8. The molecule has 0 N–H and O–H groups in total. The normalized spacial score (nSPS) is 9.41. The number of hydrogen-bond donors (Lipinski definition) is 0. The molecule has 0 amide bonds. The molecule has 0 atom stereocenters. The SMILES string of the molecule is C=C(C)C.C=C(C)C(=O)Oc1cc(OC(=O)C(=C)C)cc(-c2ccc(-c3cc(OC)cc(OC=O)c3)cc2)c1.C=C(C)C=O. The third kappa shape index (κ3) is 13.0. The highest BCUT2D eigenvalue weighted by Crippen LogP contribution is 2.34. The van der Waals surface area contributed by atoms with Gasteiger partial charge in [-0.15, -0.1) is 6.58 Å². The zero-order chi connectivity index (χ0) is 33.4. The molecule has 0 aliphatic rings. The summed E-state index contributed by atoms with van der Waals surface area (Å²) in [6, 6.07) is 17.4. The lowest BCUT2D eigenvalue weighted by Crippen LogP contribution is -2.10. The fourth-order valence-corrected chi connectivity index (χ4v) is 3.08. The van der Waals surface area contributed by atoms with Crippen LogP contribution in [0, 0.1) is 0 Å². The van der Waals surface area contributed by atoms with E-state index < -0.39 is 11.9 Å². The maximum Gasteiger partial charge on any atom is 0.338 e. The fourth-order valence-electron chi connectivity index (χ4n) is 3.08. The van der Waals surface area contributed by atoms with Crippen LogP contribution in [0.2, 0.25) is 0 Å². The Morgan fingerprint density at radius 2 is 0.932 bits per heavy atom. The molecule has 0 saturated heterocycles. The van der Waals surface area contributed by atoms with Gasteiger partial charge in [0.15, 0.2) is 0 Å². The number of aldehydes is 1. The molecule has 0 spiro atoms. The van der Waals surface area contributed by atoms with Crippen LogP contribution < -0.4 is 18.9 Å². The molecule has 8 nitrogen and oxygen atoms in total. The number of rotatable bonds is 10. The maximum absolute atomic E-state index is 12.0. The molecule has 3 aromatic rings. The Morgan fingerprint density at radius 3 is 1.25 bits per heavy atom. The van der Waals surface area contributed by atoms with Gasteiger partial charge in [-0.2, -0.15) is 0 Å². The fraction of sp³-hybridized carbons (Fsp3) is 0.167. The van der Waals surface area contributed by atoms with Crippen LogP contribution in [0.4, 0.5) is 0 Å². The van der Waals surface area contributed by atoms with Gasteiger partial charge in [0.05, 0.1) is 7.11 Å². The average molecular weight is 599 g/mol. The molecule has 3 rings (SSSR count). The summed E-state index contributed by atoms with van der Waals surface area (Å²) >= 11 is 0. The van der Waals surface area contributed by atoms with E-state index in [1.165, 1.54) is 32.6 Å². The minimum Gasteiger partial charge on any atom is -0.497 e. The van der Waals surface area contributed by atoms with Crippen LogP contribution in [0.3, 0.4) is 0 Å². The van der Waals surface area contributed by atoms with Crippen molar-refractivity contribution in [3.63, 3.8) is 0 Å². The first-order valence-corrected chi connectivity index (χ1v) is 13.2. The van der Waals surface area contributed by atoms with Crippen LogP contribution in [-0.4, -0.2) is 31.8 Å². The molecule has 0 aliphatic heterocycles. The summed E-state index contributed by atoms with van der Waals surface area (Å²) in [4.78, 5) is 44.2. The highest BCUT2D eigenvalue weighted by atomic mass is 16.5. The van der Waals surface area contributed by atoms with Crippen molar-refractivity contribution < 1.29 is 38.1 Å². The summed E-state index contributed by atoms with van der Waals surface area (Å²) in [7, 11) is 1.53. The van der Waals surface area contributed by atoms with Crippen molar-refractivity contribution in [3.05, 3.63) is 109 Å². The van der Waals surface area contributed by atoms with Gasteiger partial charge in [0, 0.05) is 23.3 Å². The first-order chi connectivity index (χ1) is 20.7. The van der Waals surface area contributed by atoms with E-state index in [0.29, 0.717) is 29.1 Å². The minimum absolute atomic E-state index is 0.201. The quantitative estimate of drug-likeness (QED) is 0.0763. The highest BCUT2D eigenvalue weighted by Gasteiger charge is 2.13. The summed E-state index contributed by atoms with van der Waals surface area (Å²) in [5, 5.41) is 0. The van der Waals surface area contributed by atoms with Crippen LogP contribution in [0.25, 0.3) is 22.3 Å². The molecule has 0 heterocycles. The molecule has 0 unspecified atom stereocenters. The second-order valence-electron chi connectivity index (χ2n) is 9.89. The number of benzene rings is 3. The second kappa shape index (κ2) is 18.1. The van der Waals surface area contributed by atoms with Crippen LogP contribution in [0.5, 0.6) is 23.0 Å².